The lowest BCUT2D eigenvalue weighted by molar-refractivity contribution is -0.141. The Kier molecular flexibility index (Phi) is 6.59. The molecule has 0 radical (unpaired) electrons. The molecule has 0 bridgehead atoms. The molecule has 6 heteroatoms. The van der Waals surface area contributed by atoms with E-state index in [-0.39, 0.29) is 12.2 Å². The zero-order valence-electron chi connectivity index (χ0n) is 13.7. The normalized spacial score (nSPS) is 16.5. The zero-order valence-corrected chi connectivity index (χ0v) is 13.7. The van der Waals surface area contributed by atoms with E-state index in [1.807, 2.05) is 0 Å². The van der Waals surface area contributed by atoms with E-state index in [9.17, 15) is 14.4 Å². The van der Waals surface area contributed by atoms with Gasteiger partial charge in [-0.3, -0.25) is 9.59 Å². The third kappa shape index (κ3) is 7.24. The van der Waals surface area contributed by atoms with Gasteiger partial charge in [0.2, 0.25) is 0 Å². The average molecular weight is 311 g/mol. The second-order valence-corrected chi connectivity index (χ2v) is 6.45. The number of methoxy groups -OCH3 is 1. The van der Waals surface area contributed by atoms with Crippen LogP contribution < -0.4 is 5.32 Å². The first-order valence-electron chi connectivity index (χ1n) is 7.48. The number of alkyl carbamates (subject to hydrolysis) is 1. The van der Waals surface area contributed by atoms with Crippen LogP contribution in [-0.2, 0) is 19.1 Å². The summed E-state index contributed by atoms with van der Waals surface area (Å²) >= 11 is 0. The van der Waals surface area contributed by atoms with Crippen molar-refractivity contribution in [3.63, 3.8) is 0 Å². The van der Waals surface area contributed by atoms with Crippen LogP contribution in [0.15, 0.2) is 11.6 Å². The number of esters is 1. The molecule has 0 aromatic heterocycles. The Bertz CT molecular complexity index is 462. The minimum atomic E-state index is -0.611. The molecule has 0 aromatic carbocycles. The maximum absolute atomic E-state index is 11.9. The summed E-state index contributed by atoms with van der Waals surface area (Å²) in [4.78, 5) is 34.8. The molecule has 0 aromatic rings. The van der Waals surface area contributed by atoms with E-state index >= 15 is 0 Å². The molecule has 0 spiro atoms. The number of carbonyl (C=O) groups is 3. The van der Waals surface area contributed by atoms with Gasteiger partial charge >= 0.3 is 12.1 Å². The molecule has 124 valence electrons. The molecule has 1 atom stereocenters. The second-order valence-electron chi connectivity index (χ2n) is 6.45. The molecule has 1 aliphatic rings. The van der Waals surface area contributed by atoms with E-state index in [4.69, 9.17) is 4.74 Å². The monoisotopic (exact) mass is 311 g/mol. The lowest BCUT2D eigenvalue weighted by atomic mass is 9.92. The van der Waals surface area contributed by atoms with Gasteiger partial charge in [-0.1, -0.05) is 5.57 Å². The quantitative estimate of drug-likeness (QED) is 0.789. The summed E-state index contributed by atoms with van der Waals surface area (Å²) in [6.07, 6.45) is 3.70. The fourth-order valence-electron chi connectivity index (χ4n) is 2.27. The highest BCUT2D eigenvalue weighted by molar-refractivity contribution is 5.91. The van der Waals surface area contributed by atoms with Crippen molar-refractivity contribution in [3.8, 4) is 0 Å². The maximum Gasteiger partial charge on any atom is 0.407 e. The van der Waals surface area contributed by atoms with E-state index in [0.717, 1.165) is 18.4 Å². The van der Waals surface area contributed by atoms with Crippen molar-refractivity contribution in [1.82, 2.24) is 5.32 Å². The summed E-state index contributed by atoms with van der Waals surface area (Å²) in [5.41, 5.74) is 0.334. The zero-order chi connectivity index (χ0) is 16.8. The third-order valence-electron chi connectivity index (χ3n) is 3.16. The predicted octanol–water partition coefficient (Wildman–Crippen LogP) is 2.51. The van der Waals surface area contributed by atoms with E-state index in [2.05, 4.69) is 10.1 Å². The van der Waals surface area contributed by atoms with Gasteiger partial charge in [-0.2, -0.15) is 0 Å². The first-order chi connectivity index (χ1) is 10.2. The molecular formula is C16H25NO5. The molecule has 22 heavy (non-hydrogen) atoms. The Labute approximate surface area is 131 Å². The number of ketones is 1. The number of amides is 1. The van der Waals surface area contributed by atoms with Crippen LogP contribution in [0.5, 0.6) is 0 Å². The average Bonchev–Trinajstić information content (AvgIpc) is 2.35. The van der Waals surface area contributed by atoms with Crippen molar-refractivity contribution in [2.24, 2.45) is 0 Å². The van der Waals surface area contributed by atoms with Gasteiger partial charge in [0.25, 0.3) is 0 Å². The Balaban J connectivity index is 2.69. The molecular weight excluding hydrogens is 286 g/mol. The first kappa shape index (κ1) is 18.2. The lowest BCUT2D eigenvalue weighted by Gasteiger charge is -2.24. The summed E-state index contributed by atoms with van der Waals surface area (Å²) in [7, 11) is 1.30. The summed E-state index contributed by atoms with van der Waals surface area (Å²) in [5.74, 6) is -0.320. The number of rotatable bonds is 5. The van der Waals surface area contributed by atoms with Crippen molar-refractivity contribution in [1.29, 1.82) is 0 Å². The van der Waals surface area contributed by atoms with Gasteiger partial charge in [-0.15, -0.1) is 0 Å². The van der Waals surface area contributed by atoms with Crippen molar-refractivity contribution in [2.75, 3.05) is 7.11 Å². The fourth-order valence-corrected chi connectivity index (χ4v) is 2.27. The number of hydrogen-bond acceptors (Lipinski definition) is 5. The number of nitrogens with one attached hydrogen (secondary N) is 1. The Morgan fingerprint density at radius 3 is 2.55 bits per heavy atom. The van der Waals surface area contributed by atoms with Crippen molar-refractivity contribution in [3.05, 3.63) is 11.6 Å². The van der Waals surface area contributed by atoms with Gasteiger partial charge in [0.1, 0.15) is 5.60 Å². The highest BCUT2D eigenvalue weighted by atomic mass is 16.6. The lowest BCUT2D eigenvalue weighted by Crippen LogP contribution is -2.40. The van der Waals surface area contributed by atoms with E-state index in [1.165, 1.54) is 7.11 Å². The Morgan fingerprint density at radius 1 is 1.32 bits per heavy atom. The van der Waals surface area contributed by atoms with Crippen LogP contribution in [0, 0.1) is 0 Å². The van der Waals surface area contributed by atoms with Gasteiger partial charge in [0.05, 0.1) is 13.5 Å². The van der Waals surface area contributed by atoms with Gasteiger partial charge in [-0.05, 0) is 46.1 Å². The minimum Gasteiger partial charge on any atom is -0.469 e. The largest absolute Gasteiger partial charge is 0.469 e. The molecule has 0 saturated heterocycles. The third-order valence-corrected chi connectivity index (χ3v) is 3.16. The van der Waals surface area contributed by atoms with Crippen LogP contribution in [0.2, 0.25) is 0 Å². The standard InChI is InChI=1S/C16H25NO5/c1-16(2,3)22-15(20)17-12(10-14(19)21-4)8-11-6-5-7-13(18)9-11/h9,12H,5-8,10H2,1-4H3,(H,17,20)/t12-/m1/s1. The van der Waals surface area contributed by atoms with Gasteiger partial charge in [0, 0.05) is 12.5 Å². The summed E-state index contributed by atoms with van der Waals surface area (Å²) in [6.45, 7) is 5.30. The van der Waals surface area contributed by atoms with Crippen LogP contribution in [0.25, 0.3) is 0 Å². The van der Waals surface area contributed by atoms with Crippen LogP contribution in [-0.4, -0.2) is 36.6 Å². The van der Waals surface area contributed by atoms with Crippen LogP contribution in [0.1, 0.15) is 52.9 Å². The van der Waals surface area contributed by atoms with Gasteiger partial charge in [-0.25, -0.2) is 4.79 Å². The maximum atomic E-state index is 11.9. The van der Waals surface area contributed by atoms with Crippen LogP contribution in [0.4, 0.5) is 4.79 Å². The SMILES string of the molecule is COC(=O)C[C@@H](CC1=CC(=O)CCC1)NC(=O)OC(C)(C)C. The van der Waals surface area contributed by atoms with Gasteiger partial charge in [0.15, 0.2) is 5.78 Å². The molecule has 0 aliphatic heterocycles. The first-order valence-corrected chi connectivity index (χ1v) is 7.48. The molecule has 0 heterocycles. The van der Waals surface area contributed by atoms with Crippen LogP contribution in [0.3, 0.4) is 0 Å². The van der Waals surface area contributed by atoms with E-state index in [0.29, 0.717) is 12.8 Å². The molecule has 6 nitrogen and oxygen atoms in total. The molecule has 0 saturated carbocycles. The van der Waals surface area contributed by atoms with Gasteiger partial charge < -0.3 is 14.8 Å². The van der Waals surface area contributed by atoms with E-state index in [1.54, 1.807) is 26.8 Å². The molecule has 0 unspecified atom stereocenters. The molecule has 1 aliphatic carbocycles. The van der Waals surface area contributed by atoms with Crippen molar-refractivity contribution >= 4 is 17.8 Å². The number of hydrogen-bond donors (Lipinski definition) is 1. The number of allylic oxidation sites excluding steroid dienone is 1. The summed E-state index contributed by atoms with van der Waals surface area (Å²) in [5, 5.41) is 2.69. The minimum absolute atomic E-state index is 0.0429. The van der Waals surface area contributed by atoms with Crippen molar-refractivity contribution in [2.45, 2.75) is 64.5 Å². The highest BCUT2D eigenvalue weighted by Gasteiger charge is 2.23. The number of carbonyl (C=O) groups excluding carboxylic acids is 3. The highest BCUT2D eigenvalue weighted by Crippen LogP contribution is 2.21. The van der Waals surface area contributed by atoms with Crippen LogP contribution >= 0.6 is 0 Å². The smallest absolute Gasteiger partial charge is 0.407 e. The van der Waals surface area contributed by atoms with Crippen molar-refractivity contribution < 1.29 is 23.9 Å². The molecule has 1 N–H and O–H groups in total. The predicted molar refractivity (Wildman–Crippen MR) is 81.3 cm³/mol. The topological polar surface area (TPSA) is 81.7 Å². The number of ether oxygens (including phenoxy) is 2. The second kappa shape index (κ2) is 7.96. The molecule has 0 fully saturated rings. The summed E-state index contributed by atoms with van der Waals surface area (Å²) in [6, 6.07) is -0.445. The molecule has 1 rings (SSSR count). The van der Waals surface area contributed by atoms with E-state index < -0.39 is 23.7 Å². The molecule has 1 amide bonds. The Hall–Kier alpha value is -1.85. The fraction of sp³-hybridized carbons (Fsp3) is 0.688. The summed E-state index contributed by atoms with van der Waals surface area (Å²) < 4.78 is 9.86. The Morgan fingerprint density at radius 2 is 2.00 bits per heavy atom.